The van der Waals surface area contributed by atoms with E-state index < -0.39 is 8.07 Å². The van der Waals surface area contributed by atoms with E-state index >= 15 is 0 Å². The lowest BCUT2D eigenvalue weighted by Gasteiger charge is -2.43. The predicted octanol–water partition coefficient (Wildman–Crippen LogP) is 4.64. The third kappa shape index (κ3) is 3.44. The minimum absolute atomic E-state index is 0.751. The summed E-state index contributed by atoms with van der Waals surface area (Å²) in [5.41, 5.74) is 2.47. The molecule has 0 aromatic rings. The average molecular weight is 228 g/mol. The van der Waals surface area contributed by atoms with E-state index in [-0.39, 0.29) is 0 Å². The number of rotatable bonds is 7. The fourth-order valence-electron chi connectivity index (χ4n) is 3.36. The number of unbranched alkanes of at least 4 members (excludes halogenated alkanes) is 1. The first kappa shape index (κ1) is 14.9. The van der Waals surface area contributed by atoms with Crippen molar-refractivity contribution in [1.29, 1.82) is 0 Å². The van der Waals surface area contributed by atoms with Gasteiger partial charge in [-0.15, -0.1) is 0 Å². The molecule has 0 aliphatic heterocycles. The molecule has 0 saturated heterocycles. The summed E-state index contributed by atoms with van der Waals surface area (Å²) in [5, 5.41) is 0. The van der Waals surface area contributed by atoms with Gasteiger partial charge in [0.25, 0.3) is 0 Å². The number of aldehydes is 1. The first-order chi connectivity index (χ1) is 6.89. The molecule has 90 valence electrons. The number of hydrogen-bond donors (Lipinski definition) is 0. The molecule has 0 amide bonds. The maximum atomic E-state index is 10.4. The second-order valence-electron chi connectivity index (χ2n) is 5.64. The van der Waals surface area contributed by atoms with Crippen molar-refractivity contribution in [2.75, 3.05) is 0 Å². The standard InChI is InChI=1S/C13H28OSi/c1-11(2)15(12(3)4,13(5)6)10-8-7-9-14/h9,11-13H,7-8,10H2,1-6H3. The summed E-state index contributed by atoms with van der Waals surface area (Å²) in [6, 6.07) is 1.32. The molecule has 0 N–H and O–H groups in total. The van der Waals surface area contributed by atoms with Crippen molar-refractivity contribution in [2.24, 2.45) is 0 Å². The monoisotopic (exact) mass is 228 g/mol. The number of hydrogen-bond acceptors (Lipinski definition) is 1. The predicted molar refractivity (Wildman–Crippen MR) is 71.2 cm³/mol. The van der Waals surface area contributed by atoms with Crippen molar-refractivity contribution in [3.05, 3.63) is 0 Å². The fraction of sp³-hybridized carbons (Fsp3) is 0.923. The third-order valence-corrected chi connectivity index (χ3v) is 11.8. The Balaban J connectivity index is 4.72. The van der Waals surface area contributed by atoms with Crippen LogP contribution >= 0.6 is 0 Å². The molecule has 2 heteroatoms. The summed E-state index contributed by atoms with van der Waals surface area (Å²) >= 11 is 0. The molecule has 0 saturated carbocycles. The van der Waals surface area contributed by atoms with E-state index in [0.717, 1.165) is 35.8 Å². The maximum Gasteiger partial charge on any atom is 0.119 e. The van der Waals surface area contributed by atoms with Gasteiger partial charge in [0.2, 0.25) is 0 Å². The van der Waals surface area contributed by atoms with Crippen molar-refractivity contribution in [2.45, 2.75) is 77.1 Å². The molecule has 0 spiro atoms. The second-order valence-corrected chi connectivity index (χ2v) is 11.8. The zero-order chi connectivity index (χ0) is 12.1. The molecular weight excluding hydrogens is 200 g/mol. The van der Waals surface area contributed by atoms with Gasteiger partial charge in [-0.1, -0.05) is 64.2 Å². The van der Waals surface area contributed by atoms with Gasteiger partial charge < -0.3 is 4.79 Å². The van der Waals surface area contributed by atoms with Gasteiger partial charge in [-0.25, -0.2) is 0 Å². The van der Waals surface area contributed by atoms with Crippen LogP contribution in [0.15, 0.2) is 0 Å². The van der Waals surface area contributed by atoms with Crippen molar-refractivity contribution in [3.63, 3.8) is 0 Å². The van der Waals surface area contributed by atoms with Crippen LogP contribution in [0.1, 0.15) is 54.4 Å². The van der Waals surface area contributed by atoms with Crippen LogP contribution in [-0.4, -0.2) is 14.4 Å². The van der Waals surface area contributed by atoms with Gasteiger partial charge in [-0.3, -0.25) is 0 Å². The number of carbonyl (C=O) groups excluding carboxylic acids is 1. The highest BCUT2D eigenvalue weighted by Crippen LogP contribution is 2.45. The lowest BCUT2D eigenvalue weighted by molar-refractivity contribution is -0.107. The summed E-state index contributed by atoms with van der Waals surface area (Å²) in [6.45, 7) is 14.3. The van der Waals surface area contributed by atoms with Gasteiger partial charge in [-0.2, -0.15) is 0 Å². The van der Waals surface area contributed by atoms with Gasteiger partial charge in [0.05, 0.1) is 8.07 Å². The highest BCUT2D eigenvalue weighted by Gasteiger charge is 2.41. The molecule has 0 radical (unpaired) electrons. The van der Waals surface area contributed by atoms with Crippen molar-refractivity contribution >= 4 is 14.4 Å². The summed E-state index contributed by atoms with van der Waals surface area (Å²) in [6.07, 6.45) is 2.92. The van der Waals surface area contributed by atoms with Crippen LogP contribution in [0, 0.1) is 0 Å². The first-order valence-corrected chi connectivity index (χ1v) is 8.77. The Bertz CT molecular complexity index is 163. The van der Waals surface area contributed by atoms with Crippen LogP contribution < -0.4 is 0 Å². The van der Waals surface area contributed by atoms with E-state index in [9.17, 15) is 4.79 Å². The molecule has 0 unspecified atom stereocenters. The molecule has 0 heterocycles. The van der Waals surface area contributed by atoms with Crippen molar-refractivity contribution < 1.29 is 4.79 Å². The largest absolute Gasteiger partial charge is 0.303 e. The molecule has 0 atom stereocenters. The van der Waals surface area contributed by atoms with Crippen molar-refractivity contribution in [3.8, 4) is 0 Å². The molecule has 0 fully saturated rings. The summed E-state index contributed by atoms with van der Waals surface area (Å²) in [4.78, 5) is 10.4. The van der Waals surface area contributed by atoms with Crippen LogP contribution in [0.4, 0.5) is 0 Å². The Morgan fingerprint density at radius 2 is 1.33 bits per heavy atom. The highest BCUT2D eigenvalue weighted by atomic mass is 28.3. The summed E-state index contributed by atoms with van der Waals surface area (Å²) < 4.78 is 0. The molecule has 0 aromatic heterocycles. The maximum absolute atomic E-state index is 10.4. The zero-order valence-corrected chi connectivity index (χ0v) is 12.3. The molecule has 0 aliphatic rings. The molecular formula is C13H28OSi. The van der Waals surface area contributed by atoms with Crippen LogP contribution in [0.3, 0.4) is 0 Å². The Hall–Kier alpha value is -0.113. The van der Waals surface area contributed by atoms with Gasteiger partial charge in [0.1, 0.15) is 6.29 Å². The second kappa shape index (κ2) is 6.47. The molecule has 0 aliphatic carbocycles. The summed E-state index contributed by atoms with van der Waals surface area (Å²) in [5.74, 6) is 0. The van der Waals surface area contributed by atoms with E-state index in [0.29, 0.717) is 0 Å². The van der Waals surface area contributed by atoms with Crippen molar-refractivity contribution in [1.82, 2.24) is 0 Å². The normalized spacial score (nSPS) is 12.9. The van der Waals surface area contributed by atoms with E-state index in [4.69, 9.17) is 0 Å². The SMILES string of the molecule is CC(C)[Si](CCCC=O)(C(C)C)C(C)C. The van der Waals surface area contributed by atoms with E-state index in [2.05, 4.69) is 41.5 Å². The molecule has 15 heavy (non-hydrogen) atoms. The highest BCUT2D eigenvalue weighted by molar-refractivity contribution is 6.83. The van der Waals surface area contributed by atoms with E-state index in [1.807, 2.05) is 0 Å². The van der Waals surface area contributed by atoms with Crippen LogP contribution in [-0.2, 0) is 4.79 Å². The van der Waals surface area contributed by atoms with Crippen LogP contribution in [0.2, 0.25) is 22.7 Å². The third-order valence-electron chi connectivity index (χ3n) is 4.16. The lowest BCUT2D eigenvalue weighted by atomic mass is 10.4. The molecule has 0 aromatic carbocycles. The minimum atomic E-state index is -1.22. The molecule has 1 nitrogen and oxygen atoms in total. The molecule has 0 bridgehead atoms. The minimum Gasteiger partial charge on any atom is -0.303 e. The molecule has 0 rings (SSSR count). The quantitative estimate of drug-likeness (QED) is 0.352. The van der Waals surface area contributed by atoms with Gasteiger partial charge in [0, 0.05) is 6.42 Å². The number of carbonyl (C=O) groups is 1. The van der Waals surface area contributed by atoms with Gasteiger partial charge in [-0.05, 0) is 6.42 Å². The first-order valence-electron chi connectivity index (χ1n) is 6.33. The van der Waals surface area contributed by atoms with Crippen LogP contribution in [0.25, 0.3) is 0 Å². The Morgan fingerprint density at radius 1 is 0.933 bits per heavy atom. The summed E-state index contributed by atoms with van der Waals surface area (Å²) in [7, 11) is -1.22. The van der Waals surface area contributed by atoms with E-state index in [1.54, 1.807) is 0 Å². The lowest BCUT2D eigenvalue weighted by Crippen LogP contribution is -2.44. The smallest absolute Gasteiger partial charge is 0.119 e. The van der Waals surface area contributed by atoms with E-state index in [1.165, 1.54) is 6.04 Å². The van der Waals surface area contributed by atoms with Crippen LogP contribution in [0.5, 0.6) is 0 Å². The fourth-order valence-corrected chi connectivity index (χ4v) is 9.91. The Morgan fingerprint density at radius 3 is 1.60 bits per heavy atom. The topological polar surface area (TPSA) is 17.1 Å². The zero-order valence-electron chi connectivity index (χ0n) is 11.3. The average Bonchev–Trinajstić information content (AvgIpc) is 2.10. The van der Waals surface area contributed by atoms with Gasteiger partial charge in [0.15, 0.2) is 0 Å². The Kier molecular flexibility index (Phi) is 6.42. The van der Waals surface area contributed by atoms with Gasteiger partial charge >= 0.3 is 0 Å². The Labute approximate surface area is 96.7 Å².